The number of nitrogens with one attached hydrogen (secondary N) is 1. The molecule has 3 nitrogen and oxygen atoms in total. The first kappa shape index (κ1) is 13.1. The summed E-state index contributed by atoms with van der Waals surface area (Å²) in [6.07, 6.45) is 8.12. The van der Waals surface area contributed by atoms with Gasteiger partial charge in [0.25, 0.3) is 0 Å². The number of nitrogens with zero attached hydrogens (tertiary/aromatic N) is 2. The van der Waals surface area contributed by atoms with E-state index in [9.17, 15) is 0 Å². The molecule has 0 aromatic carbocycles. The first-order valence-corrected chi connectivity index (χ1v) is 9.14. The number of aryl methyl sites for hydroxylation is 1. The fourth-order valence-electron chi connectivity index (χ4n) is 4.37. The van der Waals surface area contributed by atoms with Crippen molar-refractivity contribution in [2.75, 3.05) is 24.5 Å². The molecule has 3 unspecified atom stereocenters. The summed E-state index contributed by atoms with van der Waals surface area (Å²) in [7, 11) is 0. The maximum Gasteiger partial charge on any atom is 0.185 e. The van der Waals surface area contributed by atoms with Gasteiger partial charge in [-0.2, -0.15) is 0 Å². The zero-order valence-corrected chi connectivity index (χ0v) is 13.2. The Hall–Kier alpha value is -0.610. The molecule has 1 N–H and O–H groups in total. The first-order chi connectivity index (χ1) is 9.85. The Morgan fingerprint density at radius 2 is 2.00 bits per heavy atom. The lowest BCUT2D eigenvalue weighted by atomic mass is 9.98. The first-order valence-electron chi connectivity index (χ1n) is 8.33. The number of hydrogen-bond donors (Lipinski definition) is 1. The number of aromatic nitrogens is 1. The van der Waals surface area contributed by atoms with E-state index in [4.69, 9.17) is 4.98 Å². The minimum absolute atomic E-state index is 0.567. The van der Waals surface area contributed by atoms with Gasteiger partial charge in [-0.25, -0.2) is 4.98 Å². The highest BCUT2D eigenvalue weighted by Gasteiger charge is 2.37. The molecule has 0 bridgehead atoms. The highest BCUT2D eigenvalue weighted by molar-refractivity contribution is 7.15. The van der Waals surface area contributed by atoms with E-state index in [1.54, 1.807) is 0 Å². The zero-order valence-electron chi connectivity index (χ0n) is 12.4. The van der Waals surface area contributed by atoms with Crippen LogP contribution in [0.4, 0.5) is 5.13 Å². The summed E-state index contributed by atoms with van der Waals surface area (Å²) >= 11 is 1.97. The number of fused-ring (bicyclic) bond motifs is 2. The van der Waals surface area contributed by atoms with E-state index in [1.807, 2.05) is 11.3 Å². The fourth-order valence-corrected chi connectivity index (χ4v) is 5.61. The molecule has 1 saturated heterocycles. The third kappa shape index (κ3) is 2.17. The average molecular weight is 291 g/mol. The van der Waals surface area contributed by atoms with Crippen molar-refractivity contribution in [3.63, 3.8) is 0 Å². The van der Waals surface area contributed by atoms with Crippen molar-refractivity contribution in [3.8, 4) is 0 Å². The third-order valence-electron chi connectivity index (χ3n) is 5.39. The Kier molecular flexibility index (Phi) is 3.47. The van der Waals surface area contributed by atoms with E-state index in [-0.39, 0.29) is 0 Å². The van der Waals surface area contributed by atoms with Crippen molar-refractivity contribution in [2.24, 2.45) is 11.8 Å². The molecular formula is C16H25N3S. The van der Waals surface area contributed by atoms with Crippen LogP contribution in [0.15, 0.2) is 0 Å². The molecule has 3 aliphatic rings. The van der Waals surface area contributed by atoms with Crippen LogP contribution in [0.3, 0.4) is 0 Å². The smallest absolute Gasteiger partial charge is 0.185 e. The Morgan fingerprint density at radius 1 is 1.20 bits per heavy atom. The molecule has 4 heteroatoms. The summed E-state index contributed by atoms with van der Waals surface area (Å²) in [6.45, 7) is 5.80. The third-order valence-corrected chi connectivity index (χ3v) is 6.66. The molecule has 2 aliphatic carbocycles. The van der Waals surface area contributed by atoms with Crippen molar-refractivity contribution in [2.45, 2.75) is 51.5 Å². The number of anilines is 1. The van der Waals surface area contributed by atoms with E-state index < -0.39 is 0 Å². The van der Waals surface area contributed by atoms with E-state index in [0.717, 1.165) is 18.4 Å². The maximum absolute atomic E-state index is 5.00. The molecule has 2 fully saturated rings. The monoisotopic (exact) mass is 291 g/mol. The lowest BCUT2D eigenvalue weighted by molar-refractivity contribution is 0.476. The minimum atomic E-state index is 0.567. The highest BCUT2D eigenvalue weighted by Crippen LogP contribution is 2.43. The molecule has 2 heterocycles. The van der Waals surface area contributed by atoms with Crippen molar-refractivity contribution in [1.82, 2.24) is 10.3 Å². The minimum Gasteiger partial charge on any atom is -0.348 e. The van der Waals surface area contributed by atoms with Crippen LogP contribution in [0.1, 0.15) is 55.6 Å². The van der Waals surface area contributed by atoms with Crippen molar-refractivity contribution in [1.29, 1.82) is 0 Å². The largest absolute Gasteiger partial charge is 0.348 e. The van der Waals surface area contributed by atoms with Crippen LogP contribution in [-0.2, 0) is 6.42 Å². The van der Waals surface area contributed by atoms with Crippen molar-refractivity contribution >= 4 is 16.5 Å². The average Bonchev–Trinajstić information content (AvgIpc) is 3.12. The quantitative estimate of drug-likeness (QED) is 0.925. The maximum atomic E-state index is 5.00. The van der Waals surface area contributed by atoms with Gasteiger partial charge in [0.1, 0.15) is 0 Å². The molecule has 0 spiro atoms. The van der Waals surface area contributed by atoms with Gasteiger partial charge in [0, 0.05) is 24.0 Å². The van der Waals surface area contributed by atoms with Gasteiger partial charge in [-0.15, -0.1) is 0 Å². The summed E-state index contributed by atoms with van der Waals surface area (Å²) in [6, 6.07) is 0.567. The molecule has 110 valence electrons. The number of hydrogen-bond acceptors (Lipinski definition) is 4. The SMILES string of the molecule is CCNC1CCCc2nc(N3CC4CCCC4C3)sc21. The van der Waals surface area contributed by atoms with Crippen LogP contribution in [0, 0.1) is 11.8 Å². The summed E-state index contributed by atoms with van der Waals surface area (Å²) in [5.74, 6) is 1.92. The second kappa shape index (κ2) is 5.30. The fraction of sp³-hybridized carbons (Fsp3) is 0.812. The topological polar surface area (TPSA) is 28.2 Å². The Bertz CT molecular complexity index is 472. The van der Waals surface area contributed by atoms with Crippen molar-refractivity contribution in [3.05, 3.63) is 10.6 Å². The predicted octanol–water partition coefficient (Wildman–Crippen LogP) is 3.37. The van der Waals surface area contributed by atoms with Gasteiger partial charge in [-0.3, -0.25) is 0 Å². The highest BCUT2D eigenvalue weighted by atomic mass is 32.1. The predicted molar refractivity (Wildman–Crippen MR) is 84.5 cm³/mol. The molecule has 1 aromatic rings. The van der Waals surface area contributed by atoms with Crippen LogP contribution in [0.25, 0.3) is 0 Å². The number of rotatable bonds is 3. The molecule has 1 aliphatic heterocycles. The van der Waals surface area contributed by atoms with Gasteiger partial charge in [0.15, 0.2) is 5.13 Å². The standard InChI is InChI=1S/C16H25N3S/c1-2-17-13-7-4-8-14-15(13)20-16(18-14)19-9-11-5-3-6-12(11)10-19/h11-13,17H,2-10H2,1H3. The van der Waals surface area contributed by atoms with Gasteiger partial charge in [-0.1, -0.05) is 24.7 Å². The summed E-state index contributed by atoms with van der Waals surface area (Å²) in [5.41, 5.74) is 1.39. The molecule has 20 heavy (non-hydrogen) atoms. The second-order valence-electron chi connectivity index (χ2n) is 6.67. The number of thiazole rings is 1. The van der Waals surface area contributed by atoms with Crippen LogP contribution in [-0.4, -0.2) is 24.6 Å². The van der Waals surface area contributed by atoms with Gasteiger partial charge in [0.05, 0.1) is 5.69 Å². The molecule has 0 radical (unpaired) electrons. The van der Waals surface area contributed by atoms with Crippen LogP contribution < -0.4 is 10.2 Å². The van der Waals surface area contributed by atoms with Crippen molar-refractivity contribution < 1.29 is 0 Å². The zero-order chi connectivity index (χ0) is 13.5. The molecule has 1 aromatic heterocycles. The Labute approximate surface area is 125 Å². The molecule has 0 amide bonds. The van der Waals surface area contributed by atoms with Crippen LogP contribution in [0.2, 0.25) is 0 Å². The lowest BCUT2D eigenvalue weighted by Gasteiger charge is -2.21. The lowest BCUT2D eigenvalue weighted by Crippen LogP contribution is -2.23. The van der Waals surface area contributed by atoms with Crippen LogP contribution in [0.5, 0.6) is 0 Å². The Balaban J connectivity index is 1.55. The summed E-state index contributed by atoms with van der Waals surface area (Å²) in [5, 5.41) is 4.95. The van der Waals surface area contributed by atoms with Gasteiger partial charge in [0.2, 0.25) is 0 Å². The van der Waals surface area contributed by atoms with Gasteiger partial charge in [-0.05, 0) is 50.5 Å². The summed E-state index contributed by atoms with van der Waals surface area (Å²) in [4.78, 5) is 9.11. The van der Waals surface area contributed by atoms with E-state index in [2.05, 4.69) is 17.1 Å². The van der Waals surface area contributed by atoms with Gasteiger partial charge >= 0.3 is 0 Å². The normalized spacial score (nSPS) is 32.5. The second-order valence-corrected chi connectivity index (χ2v) is 7.68. The molecule has 3 atom stereocenters. The van der Waals surface area contributed by atoms with Gasteiger partial charge < -0.3 is 10.2 Å². The van der Waals surface area contributed by atoms with E-state index in [0.29, 0.717) is 6.04 Å². The molecule has 4 rings (SSSR count). The van der Waals surface area contributed by atoms with E-state index >= 15 is 0 Å². The summed E-state index contributed by atoms with van der Waals surface area (Å²) < 4.78 is 0. The van der Waals surface area contributed by atoms with Crippen LogP contribution >= 0.6 is 11.3 Å². The van der Waals surface area contributed by atoms with E-state index in [1.165, 1.54) is 67.3 Å². The molecular weight excluding hydrogens is 266 g/mol. The molecule has 1 saturated carbocycles. The Morgan fingerprint density at radius 3 is 2.75 bits per heavy atom.